The van der Waals surface area contributed by atoms with Gasteiger partial charge in [0.25, 0.3) is 0 Å². The predicted octanol–water partition coefficient (Wildman–Crippen LogP) is 1.14. The van der Waals surface area contributed by atoms with Crippen molar-refractivity contribution in [3.05, 3.63) is 35.9 Å². The molecule has 7 heteroatoms. The third-order valence-corrected chi connectivity index (χ3v) is 6.95. The smallest absolute Gasteiger partial charge is 0.153 e. The van der Waals surface area contributed by atoms with E-state index in [1.807, 2.05) is 24.3 Å². The molecule has 2 heterocycles. The molecule has 3 rings (SSSR count). The van der Waals surface area contributed by atoms with E-state index in [1.54, 1.807) is 14.2 Å². The summed E-state index contributed by atoms with van der Waals surface area (Å²) >= 11 is 0. The molecule has 2 fully saturated rings. The maximum absolute atomic E-state index is 12.2. The fraction of sp³-hybridized carbons (Fsp3) is 0.579. The lowest BCUT2D eigenvalue weighted by atomic mass is 10.0. The number of rotatable bonds is 7. The van der Waals surface area contributed by atoms with Crippen LogP contribution in [0.25, 0.3) is 6.08 Å². The average Bonchev–Trinajstić information content (AvgIpc) is 2.97. The van der Waals surface area contributed by atoms with E-state index in [0.29, 0.717) is 6.61 Å². The van der Waals surface area contributed by atoms with Gasteiger partial charge in [-0.05, 0) is 17.7 Å². The van der Waals surface area contributed by atoms with Gasteiger partial charge in [-0.25, -0.2) is 8.42 Å². The first-order valence-electron chi connectivity index (χ1n) is 9.00. The molecule has 0 N–H and O–H groups in total. The molecule has 1 aromatic carbocycles. The Morgan fingerprint density at radius 2 is 1.73 bits per heavy atom. The topological polar surface area (TPSA) is 59.1 Å². The Hall–Kier alpha value is -1.41. The largest absolute Gasteiger partial charge is 0.497 e. The molecule has 144 valence electrons. The summed E-state index contributed by atoms with van der Waals surface area (Å²) in [7, 11) is 0.373. The molecule has 2 aliphatic rings. The summed E-state index contributed by atoms with van der Waals surface area (Å²) in [6, 6.07) is 8.06. The lowest BCUT2D eigenvalue weighted by Crippen LogP contribution is -2.59. The molecule has 0 saturated carbocycles. The summed E-state index contributed by atoms with van der Waals surface area (Å²) < 4.78 is 34.8. The Bertz CT molecular complexity index is 718. The van der Waals surface area contributed by atoms with Gasteiger partial charge < -0.3 is 9.47 Å². The Morgan fingerprint density at radius 3 is 2.38 bits per heavy atom. The Balaban J connectivity index is 1.63. The van der Waals surface area contributed by atoms with Crippen LogP contribution >= 0.6 is 0 Å². The van der Waals surface area contributed by atoms with Crippen LogP contribution in [0.4, 0.5) is 0 Å². The Labute approximate surface area is 156 Å². The number of nitrogens with zero attached hydrogens (tertiary/aromatic N) is 2. The van der Waals surface area contributed by atoms with E-state index in [-0.39, 0.29) is 23.6 Å². The second-order valence-electron chi connectivity index (χ2n) is 6.91. The fourth-order valence-electron chi connectivity index (χ4n) is 3.85. The zero-order valence-electron chi connectivity index (χ0n) is 15.5. The van der Waals surface area contributed by atoms with Gasteiger partial charge in [-0.1, -0.05) is 24.3 Å². The molecule has 2 saturated heterocycles. The van der Waals surface area contributed by atoms with Crippen LogP contribution < -0.4 is 4.74 Å². The third kappa shape index (κ3) is 4.65. The summed E-state index contributed by atoms with van der Waals surface area (Å²) in [5, 5.41) is 0. The van der Waals surface area contributed by atoms with Crippen molar-refractivity contribution in [2.45, 2.75) is 12.1 Å². The SMILES string of the molecule is COCCN1CCN(C/C=C/c2ccc(OC)cc2)[C@H]2CS(=O)(=O)C[C@H]21. The van der Waals surface area contributed by atoms with Gasteiger partial charge in [0.05, 0.1) is 25.2 Å². The van der Waals surface area contributed by atoms with E-state index in [2.05, 4.69) is 22.0 Å². The molecule has 26 heavy (non-hydrogen) atoms. The summed E-state index contributed by atoms with van der Waals surface area (Å²) in [6.45, 7) is 3.97. The Kier molecular flexibility index (Phi) is 6.34. The van der Waals surface area contributed by atoms with Crippen LogP contribution in [0.1, 0.15) is 5.56 Å². The van der Waals surface area contributed by atoms with E-state index < -0.39 is 9.84 Å². The van der Waals surface area contributed by atoms with Gasteiger partial charge in [0, 0.05) is 45.4 Å². The minimum absolute atomic E-state index is 0.0751. The molecule has 1 aromatic rings. The lowest BCUT2D eigenvalue weighted by Gasteiger charge is -2.43. The number of sulfone groups is 1. The third-order valence-electron chi connectivity index (χ3n) is 5.25. The van der Waals surface area contributed by atoms with E-state index in [9.17, 15) is 8.42 Å². The van der Waals surface area contributed by atoms with Gasteiger partial charge in [0.1, 0.15) is 5.75 Å². The second-order valence-corrected chi connectivity index (χ2v) is 9.06. The van der Waals surface area contributed by atoms with Crippen LogP contribution in [-0.4, -0.2) is 88.8 Å². The van der Waals surface area contributed by atoms with Gasteiger partial charge in [0.15, 0.2) is 9.84 Å². The van der Waals surface area contributed by atoms with Crippen molar-refractivity contribution >= 4 is 15.9 Å². The summed E-state index contributed by atoms with van der Waals surface area (Å²) in [5.41, 5.74) is 1.11. The van der Waals surface area contributed by atoms with Crippen molar-refractivity contribution in [3.63, 3.8) is 0 Å². The molecule has 0 radical (unpaired) electrons. The molecule has 0 spiro atoms. The van der Waals surface area contributed by atoms with Crippen LogP contribution in [0, 0.1) is 0 Å². The normalized spacial score (nSPS) is 26.2. The molecule has 0 amide bonds. The van der Waals surface area contributed by atoms with Crippen LogP contribution in [-0.2, 0) is 14.6 Å². The maximum Gasteiger partial charge on any atom is 0.153 e. The number of hydrogen-bond donors (Lipinski definition) is 0. The first kappa shape index (κ1) is 19.4. The van der Waals surface area contributed by atoms with Crippen LogP contribution in [0.2, 0.25) is 0 Å². The quantitative estimate of drug-likeness (QED) is 0.707. The lowest BCUT2D eigenvalue weighted by molar-refractivity contribution is 0.0354. The zero-order chi connectivity index (χ0) is 18.6. The molecule has 6 nitrogen and oxygen atoms in total. The second kappa shape index (κ2) is 8.52. The fourth-order valence-corrected chi connectivity index (χ4v) is 5.89. The molecular weight excluding hydrogens is 352 g/mol. The van der Waals surface area contributed by atoms with Crippen molar-refractivity contribution in [1.82, 2.24) is 9.80 Å². The minimum Gasteiger partial charge on any atom is -0.497 e. The highest BCUT2D eigenvalue weighted by atomic mass is 32.2. The molecular formula is C19H28N2O4S. The van der Waals surface area contributed by atoms with Crippen molar-refractivity contribution in [1.29, 1.82) is 0 Å². The van der Waals surface area contributed by atoms with Crippen LogP contribution in [0.15, 0.2) is 30.3 Å². The number of piperazine rings is 1. The Morgan fingerprint density at radius 1 is 1.08 bits per heavy atom. The first-order valence-corrected chi connectivity index (χ1v) is 10.8. The summed E-state index contributed by atoms with van der Waals surface area (Å²) in [4.78, 5) is 4.58. The van der Waals surface area contributed by atoms with Crippen LogP contribution in [0.3, 0.4) is 0 Å². The van der Waals surface area contributed by atoms with Crippen molar-refractivity contribution in [2.24, 2.45) is 0 Å². The number of hydrogen-bond acceptors (Lipinski definition) is 6. The standard InChI is InChI=1S/C19H28N2O4S/c1-24-13-12-21-11-10-20(18-14-26(22,23)15-19(18)21)9-3-4-16-5-7-17(25-2)8-6-16/h3-8,18-19H,9-15H2,1-2H3/b4-3+/t18-,19+/m0/s1. The van der Waals surface area contributed by atoms with E-state index in [1.165, 1.54) is 0 Å². The summed E-state index contributed by atoms with van der Waals surface area (Å²) in [6.07, 6.45) is 4.20. The average molecular weight is 381 g/mol. The van der Waals surface area contributed by atoms with Gasteiger partial charge in [0.2, 0.25) is 0 Å². The molecule has 0 aromatic heterocycles. The van der Waals surface area contributed by atoms with Crippen molar-refractivity contribution < 1.29 is 17.9 Å². The highest BCUT2D eigenvalue weighted by molar-refractivity contribution is 7.91. The number of fused-ring (bicyclic) bond motifs is 1. The van der Waals surface area contributed by atoms with Crippen molar-refractivity contribution in [2.75, 3.05) is 58.5 Å². The van der Waals surface area contributed by atoms with Gasteiger partial charge in [-0.3, -0.25) is 9.80 Å². The predicted molar refractivity (Wildman–Crippen MR) is 103 cm³/mol. The monoisotopic (exact) mass is 380 g/mol. The van der Waals surface area contributed by atoms with Crippen molar-refractivity contribution in [3.8, 4) is 5.75 Å². The molecule has 0 aliphatic carbocycles. The highest BCUT2D eigenvalue weighted by Crippen LogP contribution is 2.26. The first-order chi connectivity index (χ1) is 12.5. The van der Waals surface area contributed by atoms with E-state index in [4.69, 9.17) is 9.47 Å². The molecule has 0 bridgehead atoms. The zero-order valence-corrected chi connectivity index (χ0v) is 16.3. The molecule has 2 atom stereocenters. The number of benzene rings is 1. The molecule has 0 unspecified atom stereocenters. The van der Waals surface area contributed by atoms with Crippen LogP contribution in [0.5, 0.6) is 5.75 Å². The maximum atomic E-state index is 12.2. The summed E-state index contributed by atoms with van der Waals surface area (Å²) in [5.74, 6) is 1.37. The minimum atomic E-state index is -2.97. The van der Waals surface area contributed by atoms with Gasteiger partial charge in [-0.2, -0.15) is 0 Å². The van der Waals surface area contributed by atoms with E-state index in [0.717, 1.165) is 37.5 Å². The van der Waals surface area contributed by atoms with Gasteiger partial charge in [-0.15, -0.1) is 0 Å². The number of methoxy groups -OCH3 is 2. The highest BCUT2D eigenvalue weighted by Gasteiger charge is 2.45. The molecule has 2 aliphatic heterocycles. The number of ether oxygens (including phenoxy) is 2. The van der Waals surface area contributed by atoms with E-state index >= 15 is 0 Å². The van der Waals surface area contributed by atoms with Gasteiger partial charge >= 0.3 is 0 Å².